The predicted octanol–water partition coefficient (Wildman–Crippen LogP) is 13.6. The van der Waals surface area contributed by atoms with E-state index >= 15 is 0 Å². The van der Waals surface area contributed by atoms with Gasteiger partial charge in [-0.2, -0.15) is 0 Å². The Morgan fingerprint density at radius 3 is 1.52 bits per heavy atom. The summed E-state index contributed by atoms with van der Waals surface area (Å²) in [5, 5.41) is 0. The highest BCUT2D eigenvalue weighted by Crippen LogP contribution is 2.63. The lowest BCUT2D eigenvalue weighted by Crippen LogP contribution is -2.32. The second kappa shape index (κ2) is 13.2. The molecule has 0 radical (unpaired) electrons. The molecular weight excluding hydrogens is 697 g/mol. The smallest absolute Gasteiger partial charge is 0.160 e. The zero-order valence-electron chi connectivity index (χ0n) is 30.4. The molecule has 56 heavy (non-hydrogen) atoms. The van der Waals surface area contributed by atoms with Gasteiger partial charge in [-0.3, -0.25) is 0 Å². The lowest BCUT2D eigenvalue weighted by molar-refractivity contribution is 0.723. The highest BCUT2D eigenvalue weighted by Gasteiger charge is 2.50. The predicted molar refractivity (Wildman–Crippen MR) is 231 cm³/mol. The first-order valence-electron chi connectivity index (χ1n) is 19.1. The molecule has 0 N–H and O–H groups in total. The zero-order valence-corrected chi connectivity index (χ0v) is 31.2. The molecule has 2 aliphatic rings. The molecule has 0 amide bonds. The maximum absolute atomic E-state index is 5.25. The van der Waals surface area contributed by atoms with Gasteiger partial charge in [-0.25, -0.2) is 9.97 Å². The molecule has 9 aromatic rings. The van der Waals surface area contributed by atoms with E-state index in [1.807, 2.05) is 23.9 Å². The fraction of sp³-hybridized carbons (Fsp3) is 0.0189. The molecule has 0 atom stereocenters. The van der Waals surface area contributed by atoms with Gasteiger partial charge in [0.25, 0.3) is 0 Å². The van der Waals surface area contributed by atoms with Crippen LogP contribution in [0.5, 0.6) is 0 Å². The number of hydrogen-bond donors (Lipinski definition) is 0. The van der Waals surface area contributed by atoms with E-state index in [1.165, 1.54) is 59.9 Å². The second-order valence-electron chi connectivity index (χ2n) is 14.5. The monoisotopic (exact) mass is 730 g/mol. The molecule has 1 aliphatic carbocycles. The molecule has 1 aromatic heterocycles. The molecule has 1 aliphatic heterocycles. The first-order chi connectivity index (χ1) is 27.8. The Labute approximate surface area is 331 Å². The van der Waals surface area contributed by atoms with Crippen molar-refractivity contribution < 1.29 is 0 Å². The molecule has 0 unspecified atom stereocenters. The molecule has 0 saturated carbocycles. The maximum Gasteiger partial charge on any atom is 0.160 e. The van der Waals surface area contributed by atoms with E-state index in [-0.39, 0.29) is 0 Å². The van der Waals surface area contributed by atoms with Crippen LogP contribution in [-0.2, 0) is 5.41 Å². The normalized spacial score (nSPS) is 13.1. The Kier molecular flexibility index (Phi) is 7.68. The van der Waals surface area contributed by atoms with Crippen molar-refractivity contribution in [2.45, 2.75) is 15.2 Å². The van der Waals surface area contributed by atoms with Gasteiger partial charge in [0.1, 0.15) is 0 Å². The zero-order chi connectivity index (χ0) is 37.1. The van der Waals surface area contributed by atoms with Gasteiger partial charge in [-0.1, -0.05) is 200 Å². The van der Waals surface area contributed by atoms with Gasteiger partial charge in [-0.05, 0) is 73.8 Å². The number of hydrogen-bond acceptors (Lipinski definition) is 3. The van der Waals surface area contributed by atoms with Gasteiger partial charge >= 0.3 is 0 Å². The second-order valence-corrected chi connectivity index (χ2v) is 15.5. The summed E-state index contributed by atoms with van der Waals surface area (Å²) >= 11 is 1.89. The Morgan fingerprint density at radius 1 is 0.321 bits per heavy atom. The molecule has 2 heterocycles. The highest BCUT2D eigenvalue weighted by molar-refractivity contribution is 7.99. The minimum Gasteiger partial charge on any atom is -0.228 e. The van der Waals surface area contributed by atoms with Crippen molar-refractivity contribution in [2.24, 2.45) is 0 Å². The summed E-state index contributed by atoms with van der Waals surface area (Å²) in [4.78, 5) is 13.0. The number of nitrogens with zero attached hydrogens (tertiary/aromatic N) is 2. The van der Waals surface area contributed by atoms with Crippen molar-refractivity contribution in [1.82, 2.24) is 9.97 Å². The Morgan fingerprint density at radius 2 is 0.804 bits per heavy atom. The van der Waals surface area contributed by atoms with Crippen LogP contribution in [0.2, 0.25) is 0 Å². The SMILES string of the molecule is c1ccc(-c2ccc(-c3nc(-c4ccccc4)cc(-c4cccc(-c5cccc6c5Sc5ccccc5C65c6ccccc6-c6ccccc65)c4)n3)cc2)cc1. The van der Waals surface area contributed by atoms with E-state index in [4.69, 9.17) is 9.97 Å². The summed E-state index contributed by atoms with van der Waals surface area (Å²) in [6.45, 7) is 0. The molecule has 1 spiro atoms. The molecule has 2 nitrogen and oxygen atoms in total. The lowest BCUT2D eigenvalue weighted by atomic mass is 9.67. The molecule has 0 bridgehead atoms. The van der Waals surface area contributed by atoms with E-state index in [1.54, 1.807) is 0 Å². The molecule has 0 saturated heterocycles. The number of aromatic nitrogens is 2. The third-order valence-corrected chi connectivity index (χ3v) is 12.6. The van der Waals surface area contributed by atoms with E-state index in [9.17, 15) is 0 Å². The summed E-state index contributed by atoms with van der Waals surface area (Å²) in [5.41, 5.74) is 17.2. The number of benzene rings is 8. The van der Waals surface area contributed by atoms with Gasteiger partial charge in [-0.15, -0.1) is 0 Å². The van der Waals surface area contributed by atoms with Crippen molar-refractivity contribution in [3.63, 3.8) is 0 Å². The lowest BCUT2D eigenvalue weighted by Gasteiger charge is -2.40. The number of fused-ring (bicyclic) bond motifs is 9. The molecule has 3 heteroatoms. The molecule has 8 aromatic carbocycles. The van der Waals surface area contributed by atoms with E-state index in [0.717, 1.165) is 33.6 Å². The molecular formula is C53H34N2S. The summed E-state index contributed by atoms with van der Waals surface area (Å²) < 4.78 is 0. The van der Waals surface area contributed by atoms with Crippen LogP contribution in [0, 0.1) is 0 Å². The summed E-state index contributed by atoms with van der Waals surface area (Å²) in [5.74, 6) is 0.705. The molecule has 11 rings (SSSR count). The highest BCUT2D eigenvalue weighted by atomic mass is 32.2. The van der Waals surface area contributed by atoms with Gasteiger partial charge in [0.15, 0.2) is 5.82 Å². The summed E-state index contributed by atoms with van der Waals surface area (Å²) in [7, 11) is 0. The van der Waals surface area contributed by atoms with Crippen LogP contribution in [0.3, 0.4) is 0 Å². The van der Waals surface area contributed by atoms with Crippen LogP contribution in [0.1, 0.15) is 22.3 Å². The van der Waals surface area contributed by atoms with Gasteiger partial charge < -0.3 is 0 Å². The fourth-order valence-corrected chi connectivity index (χ4v) is 10.2. The third-order valence-electron chi connectivity index (χ3n) is 11.4. The third kappa shape index (κ3) is 5.12. The summed E-state index contributed by atoms with van der Waals surface area (Å²) in [6, 6.07) is 74.3. The first kappa shape index (κ1) is 32.6. The van der Waals surface area contributed by atoms with Crippen molar-refractivity contribution >= 4 is 11.8 Å². The Balaban J connectivity index is 1.07. The molecule has 0 fully saturated rings. The number of rotatable bonds is 5. The van der Waals surface area contributed by atoms with Crippen molar-refractivity contribution in [3.8, 4) is 67.3 Å². The van der Waals surface area contributed by atoms with E-state index in [0.29, 0.717) is 5.82 Å². The summed E-state index contributed by atoms with van der Waals surface area (Å²) in [6.07, 6.45) is 0. The average Bonchev–Trinajstić information content (AvgIpc) is 3.57. The van der Waals surface area contributed by atoms with Crippen molar-refractivity contribution in [1.29, 1.82) is 0 Å². The van der Waals surface area contributed by atoms with Crippen LogP contribution in [0.25, 0.3) is 67.3 Å². The fourth-order valence-electron chi connectivity index (χ4n) is 8.87. The standard InChI is InChI=1S/C53H34N2S/c1-3-15-35(16-4-1)36-29-31-38(32-30-36)52-54-48(37-17-5-2-6-18-37)34-49(55-52)40-20-13-19-39(33-40)41-23-14-27-47-51(41)56-50-28-12-11-26-46(50)53(47)44-24-9-7-21-42(44)43-22-8-10-25-45(43)53/h1-34H. The van der Waals surface area contributed by atoms with Crippen LogP contribution in [0.4, 0.5) is 0 Å². The van der Waals surface area contributed by atoms with Crippen LogP contribution in [-0.4, -0.2) is 9.97 Å². The van der Waals surface area contributed by atoms with Crippen LogP contribution >= 0.6 is 11.8 Å². The van der Waals surface area contributed by atoms with E-state index < -0.39 is 5.41 Å². The minimum atomic E-state index is -0.416. The van der Waals surface area contributed by atoms with Crippen LogP contribution in [0.15, 0.2) is 216 Å². The molecule has 262 valence electrons. The van der Waals surface area contributed by atoms with Gasteiger partial charge in [0.05, 0.1) is 16.8 Å². The van der Waals surface area contributed by atoms with Gasteiger partial charge in [0, 0.05) is 26.5 Å². The van der Waals surface area contributed by atoms with Crippen LogP contribution < -0.4 is 0 Å². The van der Waals surface area contributed by atoms with Gasteiger partial charge in [0.2, 0.25) is 0 Å². The maximum atomic E-state index is 5.25. The minimum absolute atomic E-state index is 0.416. The topological polar surface area (TPSA) is 25.8 Å². The quantitative estimate of drug-likeness (QED) is 0.176. The Hall–Kier alpha value is -6.81. The first-order valence-corrected chi connectivity index (χ1v) is 19.9. The van der Waals surface area contributed by atoms with Crippen molar-refractivity contribution in [2.75, 3.05) is 0 Å². The van der Waals surface area contributed by atoms with Crippen molar-refractivity contribution in [3.05, 3.63) is 229 Å². The average molecular weight is 731 g/mol. The van der Waals surface area contributed by atoms with E-state index in [2.05, 4.69) is 194 Å². The largest absolute Gasteiger partial charge is 0.228 e. The Bertz CT molecular complexity index is 2890.